The number of hydrogen-bond donors (Lipinski definition) is 1. The third kappa shape index (κ3) is 4.00. The Labute approximate surface area is 157 Å². The summed E-state index contributed by atoms with van der Waals surface area (Å²) in [6.45, 7) is 3.60. The molecule has 148 valence electrons. The topological polar surface area (TPSA) is 90.2 Å². The SMILES string of the molecule is COC(=O)c1ccc(-c2nc(C(C)(C)c3ccc(OC(F)(F)F)cc3)no2)[nH]1. The van der Waals surface area contributed by atoms with Crippen molar-refractivity contribution in [3.63, 3.8) is 0 Å². The Bertz CT molecular complexity index is 975. The molecule has 0 saturated carbocycles. The molecule has 0 aliphatic heterocycles. The fraction of sp³-hybridized carbons (Fsp3) is 0.278. The molecule has 0 spiro atoms. The first-order valence-electron chi connectivity index (χ1n) is 8.08. The second-order valence-corrected chi connectivity index (χ2v) is 6.40. The lowest BCUT2D eigenvalue weighted by molar-refractivity contribution is -0.274. The Morgan fingerprint density at radius 1 is 1.11 bits per heavy atom. The molecule has 3 aromatic rings. The molecule has 1 aromatic carbocycles. The predicted octanol–water partition coefficient (Wildman–Crippen LogP) is 4.08. The van der Waals surface area contributed by atoms with Crippen LogP contribution in [0.15, 0.2) is 40.9 Å². The normalized spacial score (nSPS) is 12.1. The molecule has 0 amide bonds. The van der Waals surface area contributed by atoms with E-state index in [1.54, 1.807) is 19.9 Å². The number of esters is 1. The van der Waals surface area contributed by atoms with Gasteiger partial charge >= 0.3 is 12.3 Å². The number of aromatic nitrogens is 3. The molecular weight excluding hydrogens is 379 g/mol. The van der Waals surface area contributed by atoms with Gasteiger partial charge in [-0.2, -0.15) is 4.98 Å². The average molecular weight is 395 g/mol. The van der Waals surface area contributed by atoms with E-state index in [1.807, 2.05) is 0 Å². The summed E-state index contributed by atoms with van der Waals surface area (Å²) < 4.78 is 50.6. The van der Waals surface area contributed by atoms with Gasteiger partial charge in [0.25, 0.3) is 5.89 Å². The van der Waals surface area contributed by atoms with Crippen molar-refractivity contribution in [2.75, 3.05) is 7.11 Å². The second-order valence-electron chi connectivity index (χ2n) is 6.40. The van der Waals surface area contributed by atoms with Gasteiger partial charge in [-0.15, -0.1) is 13.2 Å². The fourth-order valence-electron chi connectivity index (χ4n) is 2.54. The van der Waals surface area contributed by atoms with Crippen LogP contribution in [0.25, 0.3) is 11.6 Å². The van der Waals surface area contributed by atoms with Crippen LogP contribution in [-0.2, 0) is 10.2 Å². The van der Waals surface area contributed by atoms with Crippen LogP contribution in [0.2, 0.25) is 0 Å². The number of nitrogens with one attached hydrogen (secondary N) is 1. The summed E-state index contributed by atoms with van der Waals surface area (Å²) in [7, 11) is 1.27. The Kier molecular flexibility index (Phi) is 4.88. The largest absolute Gasteiger partial charge is 0.573 e. The monoisotopic (exact) mass is 395 g/mol. The minimum Gasteiger partial charge on any atom is -0.464 e. The van der Waals surface area contributed by atoms with Crippen molar-refractivity contribution in [3.8, 4) is 17.3 Å². The molecule has 0 radical (unpaired) electrons. The number of carbonyl (C=O) groups is 1. The first kappa shape index (κ1) is 19.5. The van der Waals surface area contributed by atoms with Gasteiger partial charge in [0.2, 0.25) is 0 Å². The van der Waals surface area contributed by atoms with Gasteiger partial charge in [-0.1, -0.05) is 17.3 Å². The highest BCUT2D eigenvalue weighted by atomic mass is 19.4. The van der Waals surface area contributed by atoms with Crippen LogP contribution < -0.4 is 4.74 Å². The number of aromatic amines is 1. The summed E-state index contributed by atoms with van der Waals surface area (Å²) >= 11 is 0. The molecule has 0 aliphatic carbocycles. The summed E-state index contributed by atoms with van der Waals surface area (Å²) in [5, 5.41) is 3.96. The number of H-pyrrole nitrogens is 1. The zero-order valence-electron chi connectivity index (χ0n) is 15.1. The van der Waals surface area contributed by atoms with E-state index in [9.17, 15) is 18.0 Å². The molecule has 7 nitrogen and oxygen atoms in total. The molecule has 10 heteroatoms. The van der Waals surface area contributed by atoms with Crippen LogP contribution >= 0.6 is 0 Å². The highest BCUT2D eigenvalue weighted by Gasteiger charge is 2.32. The van der Waals surface area contributed by atoms with Gasteiger partial charge in [-0.3, -0.25) is 0 Å². The summed E-state index contributed by atoms with van der Waals surface area (Å²) in [4.78, 5) is 18.7. The Balaban J connectivity index is 1.83. The first-order chi connectivity index (χ1) is 13.1. The second kappa shape index (κ2) is 7.02. The molecule has 0 aliphatic rings. The van der Waals surface area contributed by atoms with Gasteiger partial charge in [0, 0.05) is 0 Å². The number of carbonyl (C=O) groups excluding carboxylic acids is 1. The molecule has 0 atom stereocenters. The van der Waals surface area contributed by atoms with Crippen LogP contribution in [0.4, 0.5) is 13.2 Å². The lowest BCUT2D eigenvalue weighted by Crippen LogP contribution is -2.21. The highest BCUT2D eigenvalue weighted by molar-refractivity contribution is 5.88. The number of benzene rings is 1. The molecule has 2 aromatic heterocycles. The van der Waals surface area contributed by atoms with Gasteiger partial charge in [-0.25, -0.2) is 4.79 Å². The molecule has 2 heterocycles. The standard InChI is InChI=1S/C18H16F3N3O4/c1-17(2,10-4-6-11(7-5-10)27-18(19,20)21)16-23-14(28-24-16)12-8-9-13(22-12)15(25)26-3/h4-9,22H,1-3H3. The predicted molar refractivity (Wildman–Crippen MR) is 90.7 cm³/mol. The zero-order chi connectivity index (χ0) is 20.5. The number of nitrogens with zero attached hydrogens (tertiary/aromatic N) is 2. The number of rotatable bonds is 5. The third-order valence-corrected chi connectivity index (χ3v) is 4.12. The van der Waals surface area contributed by atoms with E-state index in [2.05, 4.69) is 24.6 Å². The van der Waals surface area contributed by atoms with Crippen LogP contribution in [0, 0.1) is 0 Å². The van der Waals surface area contributed by atoms with Gasteiger partial charge in [0.15, 0.2) is 5.82 Å². The van der Waals surface area contributed by atoms with Crippen molar-refractivity contribution >= 4 is 5.97 Å². The number of halogens is 3. The maximum absolute atomic E-state index is 12.3. The van der Waals surface area contributed by atoms with Crippen molar-refractivity contribution in [3.05, 3.63) is 53.5 Å². The maximum atomic E-state index is 12.3. The van der Waals surface area contributed by atoms with Crippen LogP contribution in [-0.4, -0.2) is 34.6 Å². The van der Waals surface area contributed by atoms with Crippen LogP contribution in [0.5, 0.6) is 5.75 Å². The average Bonchev–Trinajstić information content (AvgIpc) is 3.29. The summed E-state index contributed by atoms with van der Waals surface area (Å²) in [5.41, 5.74) is 0.577. The summed E-state index contributed by atoms with van der Waals surface area (Å²) in [5.74, 6) is -0.369. The molecule has 28 heavy (non-hydrogen) atoms. The van der Waals surface area contributed by atoms with Crippen LogP contribution in [0.1, 0.15) is 35.7 Å². The third-order valence-electron chi connectivity index (χ3n) is 4.12. The highest BCUT2D eigenvalue weighted by Crippen LogP contribution is 2.32. The molecule has 0 bridgehead atoms. The lowest BCUT2D eigenvalue weighted by atomic mass is 9.84. The Morgan fingerprint density at radius 3 is 2.39 bits per heavy atom. The summed E-state index contributed by atoms with van der Waals surface area (Å²) in [6, 6.07) is 8.57. The molecule has 0 fully saturated rings. The van der Waals surface area contributed by atoms with Gasteiger partial charge < -0.3 is 19.0 Å². The maximum Gasteiger partial charge on any atom is 0.573 e. The molecule has 0 saturated heterocycles. The fourth-order valence-corrected chi connectivity index (χ4v) is 2.54. The quantitative estimate of drug-likeness (QED) is 0.655. The minimum absolute atomic E-state index is 0.162. The molecule has 3 rings (SSSR count). The van der Waals surface area contributed by atoms with Crippen molar-refractivity contribution < 1.29 is 32.0 Å². The van der Waals surface area contributed by atoms with Gasteiger partial charge in [-0.05, 0) is 43.7 Å². The van der Waals surface area contributed by atoms with Crippen molar-refractivity contribution in [1.82, 2.24) is 15.1 Å². The first-order valence-corrected chi connectivity index (χ1v) is 8.08. The van der Waals surface area contributed by atoms with E-state index in [1.165, 1.54) is 37.4 Å². The van der Waals surface area contributed by atoms with Crippen molar-refractivity contribution in [2.24, 2.45) is 0 Å². The van der Waals surface area contributed by atoms with E-state index in [4.69, 9.17) is 4.52 Å². The number of methoxy groups -OCH3 is 1. The van der Waals surface area contributed by atoms with Crippen molar-refractivity contribution in [2.45, 2.75) is 25.6 Å². The van der Waals surface area contributed by atoms with E-state index in [-0.39, 0.29) is 17.3 Å². The smallest absolute Gasteiger partial charge is 0.464 e. The van der Waals surface area contributed by atoms with E-state index < -0.39 is 17.7 Å². The zero-order valence-corrected chi connectivity index (χ0v) is 15.1. The number of alkyl halides is 3. The van der Waals surface area contributed by atoms with Gasteiger partial charge in [0.05, 0.1) is 12.5 Å². The Hall–Kier alpha value is -3.30. The number of hydrogen-bond acceptors (Lipinski definition) is 6. The Morgan fingerprint density at radius 2 is 1.79 bits per heavy atom. The van der Waals surface area contributed by atoms with E-state index in [0.29, 0.717) is 17.1 Å². The van der Waals surface area contributed by atoms with E-state index >= 15 is 0 Å². The van der Waals surface area contributed by atoms with E-state index in [0.717, 1.165) is 0 Å². The number of ether oxygens (including phenoxy) is 2. The van der Waals surface area contributed by atoms with Gasteiger partial charge in [0.1, 0.15) is 17.1 Å². The van der Waals surface area contributed by atoms with Crippen molar-refractivity contribution in [1.29, 1.82) is 0 Å². The summed E-state index contributed by atoms with van der Waals surface area (Å²) in [6.07, 6.45) is -4.75. The van der Waals surface area contributed by atoms with Crippen LogP contribution in [0.3, 0.4) is 0 Å². The molecule has 1 N–H and O–H groups in total. The minimum atomic E-state index is -4.75. The lowest BCUT2D eigenvalue weighted by Gasteiger charge is -2.21. The molecule has 0 unspecified atom stereocenters. The molecular formula is C18H16F3N3O4.